The molecule has 1 atom stereocenters. The van der Waals surface area contributed by atoms with E-state index in [2.05, 4.69) is 54.4 Å². The monoisotopic (exact) mass is 318 g/mol. The lowest BCUT2D eigenvalue weighted by molar-refractivity contribution is 0.569. The molecule has 0 saturated heterocycles. The summed E-state index contributed by atoms with van der Waals surface area (Å²) in [6.07, 6.45) is 1.61. The fraction of sp³-hybridized carbons (Fsp3) is 0.400. The van der Waals surface area contributed by atoms with Crippen LogP contribution in [-0.2, 0) is 5.41 Å². The Morgan fingerprint density at radius 1 is 1.19 bits per heavy atom. The van der Waals surface area contributed by atoms with Gasteiger partial charge in [-0.1, -0.05) is 20.8 Å². The molecule has 1 unspecified atom stereocenters. The van der Waals surface area contributed by atoms with E-state index in [0.717, 1.165) is 26.7 Å². The molecule has 0 aliphatic heterocycles. The van der Waals surface area contributed by atoms with Gasteiger partial charge in [-0.2, -0.15) is 0 Å². The average Bonchev–Trinajstić information content (AvgIpc) is 3.07. The predicted molar refractivity (Wildman–Crippen MR) is 90.3 cm³/mol. The van der Waals surface area contributed by atoms with Crippen molar-refractivity contribution in [3.05, 3.63) is 33.9 Å². The molecule has 4 nitrogen and oxygen atoms in total. The summed E-state index contributed by atoms with van der Waals surface area (Å²) in [6.45, 7) is 8.67. The minimum atomic E-state index is 0.0873. The van der Waals surface area contributed by atoms with Crippen molar-refractivity contribution in [2.45, 2.75) is 39.2 Å². The minimum Gasteiger partial charge on any atom is -0.360 e. The van der Waals surface area contributed by atoms with Gasteiger partial charge in [0.25, 0.3) is 0 Å². The molecule has 0 amide bonds. The molecule has 0 bridgehead atoms. The lowest BCUT2D eigenvalue weighted by atomic mass is 9.93. The number of fused-ring (bicyclic) bond motifs is 1. The molecule has 110 valence electrons. The molecular formula is C15H18N4S2. The van der Waals surface area contributed by atoms with Crippen LogP contribution in [0.2, 0.25) is 0 Å². The van der Waals surface area contributed by atoms with Gasteiger partial charge in [0.15, 0.2) is 0 Å². The van der Waals surface area contributed by atoms with Crippen molar-refractivity contribution in [3.8, 4) is 0 Å². The third-order valence-corrected chi connectivity index (χ3v) is 5.12. The van der Waals surface area contributed by atoms with Crippen molar-refractivity contribution >= 4 is 38.7 Å². The van der Waals surface area contributed by atoms with Gasteiger partial charge in [-0.15, -0.1) is 22.7 Å². The third kappa shape index (κ3) is 2.91. The first-order chi connectivity index (χ1) is 9.95. The second-order valence-electron chi connectivity index (χ2n) is 6.05. The predicted octanol–water partition coefficient (Wildman–Crippen LogP) is 4.62. The molecule has 0 spiro atoms. The smallest absolute Gasteiger partial charge is 0.138 e. The van der Waals surface area contributed by atoms with Crippen LogP contribution in [-0.4, -0.2) is 15.0 Å². The van der Waals surface area contributed by atoms with Crippen LogP contribution < -0.4 is 5.32 Å². The Kier molecular flexibility index (Phi) is 3.67. The molecule has 3 aromatic heterocycles. The van der Waals surface area contributed by atoms with Crippen LogP contribution in [0, 0.1) is 0 Å². The molecule has 3 aromatic rings. The zero-order valence-electron chi connectivity index (χ0n) is 12.5. The molecule has 0 radical (unpaired) electrons. The van der Waals surface area contributed by atoms with Crippen LogP contribution in [0.4, 0.5) is 5.82 Å². The van der Waals surface area contributed by atoms with Crippen LogP contribution in [0.25, 0.3) is 10.2 Å². The van der Waals surface area contributed by atoms with Crippen LogP contribution in [0.15, 0.2) is 23.2 Å². The molecule has 3 rings (SSSR count). The van der Waals surface area contributed by atoms with E-state index in [-0.39, 0.29) is 11.5 Å². The molecular weight excluding hydrogens is 300 g/mol. The summed E-state index contributed by atoms with van der Waals surface area (Å²) in [5.41, 5.74) is 1.23. The SMILES string of the molecule is CC(Nc1ncnc2sccc12)c1nc(C(C)(C)C)cs1. The Bertz CT molecular complexity index is 754. The summed E-state index contributed by atoms with van der Waals surface area (Å²) in [5, 5.41) is 9.80. The van der Waals surface area contributed by atoms with Gasteiger partial charge >= 0.3 is 0 Å². The molecule has 1 N–H and O–H groups in total. The number of nitrogens with zero attached hydrogens (tertiary/aromatic N) is 3. The standard InChI is InChI=1S/C15H18N4S2/c1-9(13-19-11(7-21-13)15(2,3)4)18-12-10-5-6-20-14(10)17-8-16-12/h5-9H,1-4H3,(H,16,17,18). The highest BCUT2D eigenvalue weighted by atomic mass is 32.1. The van der Waals surface area contributed by atoms with Gasteiger partial charge in [-0.05, 0) is 18.4 Å². The number of thiophene rings is 1. The molecule has 0 aromatic carbocycles. The van der Waals surface area contributed by atoms with Gasteiger partial charge in [0, 0.05) is 10.8 Å². The second kappa shape index (κ2) is 5.35. The van der Waals surface area contributed by atoms with Crippen molar-refractivity contribution in [1.82, 2.24) is 15.0 Å². The Hall–Kier alpha value is -1.53. The third-order valence-electron chi connectivity index (χ3n) is 3.28. The van der Waals surface area contributed by atoms with Crippen molar-refractivity contribution < 1.29 is 0 Å². The van der Waals surface area contributed by atoms with E-state index in [4.69, 9.17) is 4.98 Å². The lowest BCUT2D eigenvalue weighted by Gasteiger charge is -2.15. The van der Waals surface area contributed by atoms with E-state index in [9.17, 15) is 0 Å². The zero-order valence-corrected chi connectivity index (χ0v) is 14.2. The van der Waals surface area contributed by atoms with E-state index < -0.39 is 0 Å². The quantitative estimate of drug-likeness (QED) is 0.765. The van der Waals surface area contributed by atoms with Gasteiger partial charge in [0.2, 0.25) is 0 Å². The first-order valence-corrected chi connectivity index (χ1v) is 8.62. The first kappa shape index (κ1) is 14.4. The number of anilines is 1. The molecule has 0 saturated carbocycles. The number of nitrogens with one attached hydrogen (secondary N) is 1. The van der Waals surface area contributed by atoms with Crippen molar-refractivity contribution in [1.29, 1.82) is 0 Å². The van der Waals surface area contributed by atoms with Crippen molar-refractivity contribution in [2.75, 3.05) is 5.32 Å². The summed E-state index contributed by atoms with van der Waals surface area (Å²) >= 11 is 3.32. The van der Waals surface area contributed by atoms with Crippen LogP contribution in [0.5, 0.6) is 0 Å². The van der Waals surface area contributed by atoms with Crippen LogP contribution in [0.3, 0.4) is 0 Å². The van der Waals surface area contributed by atoms with E-state index in [0.29, 0.717) is 0 Å². The van der Waals surface area contributed by atoms with E-state index in [1.807, 2.05) is 5.38 Å². The average molecular weight is 318 g/mol. The molecule has 21 heavy (non-hydrogen) atoms. The number of hydrogen-bond donors (Lipinski definition) is 1. The van der Waals surface area contributed by atoms with Gasteiger partial charge in [0.1, 0.15) is 22.0 Å². The maximum absolute atomic E-state index is 4.76. The number of rotatable bonds is 3. The topological polar surface area (TPSA) is 50.7 Å². The van der Waals surface area contributed by atoms with E-state index in [1.54, 1.807) is 29.0 Å². The number of hydrogen-bond acceptors (Lipinski definition) is 6. The maximum Gasteiger partial charge on any atom is 0.138 e. The Morgan fingerprint density at radius 3 is 2.71 bits per heavy atom. The molecule has 0 aliphatic carbocycles. The maximum atomic E-state index is 4.76. The number of aromatic nitrogens is 3. The normalized spacial score (nSPS) is 13.5. The fourth-order valence-electron chi connectivity index (χ4n) is 2.00. The van der Waals surface area contributed by atoms with E-state index in [1.165, 1.54) is 0 Å². The molecule has 6 heteroatoms. The molecule has 0 aliphatic rings. The lowest BCUT2D eigenvalue weighted by Crippen LogP contribution is -2.13. The summed E-state index contributed by atoms with van der Waals surface area (Å²) in [4.78, 5) is 14.4. The van der Waals surface area contributed by atoms with Crippen LogP contribution in [0.1, 0.15) is 44.4 Å². The number of thiazole rings is 1. The van der Waals surface area contributed by atoms with Gasteiger partial charge in [0.05, 0.1) is 17.1 Å². The van der Waals surface area contributed by atoms with Gasteiger partial charge < -0.3 is 5.32 Å². The van der Waals surface area contributed by atoms with Gasteiger partial charge in [-0.25, -0.2) is 15.0 Å². The Morgan fingerprint density at radius 2 is 2.00 bits per heavy atom. The summed E-state index contributed by atoms with van der Waals surface area (Å²) in [6, 6.07) is 2.18. The summed E-state index contributed by atoms with van der Waals surface area (Å²) < 4.78 is 0. The highest BCUT2D eigenvalue weighted by Gasteiger charge is 2.20. The Balaban J connectivity index is 1.85. The zero-order chi connectivity index (χ0) is 15.0. The van der Waals surface area contributed by atoms with Crippen molar-refractivity contribution in [3.63, 3.8) is 0 Å². The Labute approximate surface area is 132 Å². The first-order valence-electron chi connectivity index (χ1n) is 6.86. The van der Waals surface area contributed by atoms with Crippen molar-refractivity contribution in [2.24, 2.45) is 0 Å². The van der Waals surface area contributed by atoms with Gasteiger partial charge in [-0.3, -0.25) is 0 Å². The second-order valence-corrected chi connectivity index (χ2v) is 7.83. The largest absolute Gasteiger partial charge is 0.360 e. The highest BCUT2D eigenvalue weighted by molar-refractivity contribution is 7.16. The summed E-state index contributed by atoms with van der Waals surface area (Å²) in [7, 11) is 0. The van der Waals surface area contributed by atoms with E-state index >= 15 is 0 Å². The molecule has 3 heterocycles. The minimum absolute atomic E-state index is 0.0873. The highest BCUT2D eigenvalue weighted by Crippen LogP contribution is 2.30. The van der Waals surface area contributed by atoms with Crippen LogP contribution >= 0.6 is 22.7 Å². The molecule has 0 fully saturated rings. The summed E-state index contributed by atoms with van der Waals surface area (Å²) in [5.74, 6) is 0.876. The fourth-order valence-corrected chi connectivity index (χ4v) is 3.79.